The zero-order valence-electron chi connectivity index (χ0n) is 11.2. The lowest BCUT2D eigenvalue weighted by Gasteiger charge is -2.33. The van der Waals surface area contributed by atoms with Gasteiger partial charge in [0.25, 0.3) is 0 Å². The fraction of sp³-hybridized carbons (Fsp3) is 0.714. The summed E-state index contributed by atoms with van der Waals surface area (Å²) in [6.45, 7) is 1.84. The Morgan fingerprint density at radius 2 is 2.05 bits per heavy atom. The summed E-state index contributed by atoms with van der Waals surface area (Å²) in [6.07, 6.45) is 9.09. The normalized spacial score (nSPS) is 36.1. The summed E-state index contributed by atoms with van der Waals surface area (Å²) in [5.74, 6) is 0.455. The third-order valence-corrected chi connectivity index (χ3v) is 6.92. The van der Waals surface area contributed by atoms with Gasteiger partial charge in [0.1, 0.15) is 0 Å². The Hall–Kier alpha value is -0.130. The summed E-state index contributed by atoms with van der Waals surface area (Å²) in [7, 11) is -3.08. The number of aliphatic hydroxyl groups is 1. The number of rotatable bonds is 3. The number of hydrogen-bond acceptors (Lipinski definition) is 3. The maximum absolute atomic E-state index is 12.4. The summed E-state index contributed by atoms with van der Waals surface area (Å²) in [5, 5.41) is 9.52. The summed E-state index contributed by atoms with van der Waals surface area (Å²) >= 11 is 3.35. The van der Waals surface area contributed by atoms with Crippen molar-refractivity contribution in [2.45, 2.75) is 49.9 Å². The number of allylic oxidation sites excluding steroid dienone is 3. The third kappa shape index (κ3) is 4.17. The average Bonchev–Trinajstić information content (AvgIpc) is 2.32. The van der Waals surface area contributed by atoms with Crippen molar-refractivity contribution in [2.75, 3.05) is 5.75 Å². The minimum atomic E-state index is -3.08. The second-order valence-electron chi connectivity index (χ2n) is 5.99. The Labute approximate surface area is 123 Å². The fourth-order valence-corrected chi connectivity index (χ4v) is 5.04. The first-order chi connectivity index (χ1) is 8.78. The van der Waals surface area contributed by atoms with E-state index in [2.05, 4.69) is 15.9 Å². The highest BCUT2D eigenvalue weighted by atomic mass is 79.9. The van der Waals surface area contributed by atoms with Crippen LogP contribution < -0.4 is 0 Å². The molecule has 0 aromatic heterocycles. The number of sulfone groups is 1. The molecule has 3 nitrogen and oxygen atoms in total. The first-order valence-electron chi connectivity index (χ1n) is 6.76. The summed E-state index contributed by atoms with van der Waals surface area (Å²) in [6, 6.07) is 0. The molecule has 0 heterocycles. The quantitative estimate of drug-likeness (QED) is 0.852. The molecular weight excluding hydrogens is 328 g/mol. The standard InChI is InChI=1S/C14H21BrO3S/c1-14(16)8-6-11(7-9-14)10-19(17,18)13-4-2-12(15)3-5-13/h2-4,11,13,16H,5-10H2,1H3. The van der Waals surface area contributed by atoms with E-state index in [1.807, 2.05) is 19.1 Å². The Balaban J connectivity index is 1.94. The zero-order chi connectivity index (χ0) is 14.1. The number of halogens is 1. The predicted octanol–water partition coefficient (Wildman–Crippen LogP) is 2.95. The molecule has 1 N–H and O–H groups in total. The molecule has 108 valence electrons. The van der Waals surface area contributed by atoms with Crippen LogP contribution in [0.3, 0.4) is 0 Å². The van der Waals surface area contributed by atoms with E-state index in [1.54, 1.807) is 6.08 Å². The highest BCUT2D eigenvalue weighted by molar-refractivity contribution is 9.11. The van der Waals surface area contributed by atoms with Crippen molar-refractivity contribution in [3.8, 4) is 0 Å². The van der Waals surface area contributed by atoms with Gasteiger partial charge < -0.3 is 5.11 Å². The molecular formula is C14H21BrO3S. The maximum atomic E-state index is 12.4. The van der Waals surface area contributed by atoms with Gasteiger partial charge in [0.15, 0.2) is 9.84 Å². The van der Waals surface area contributed by atoms with E-state index in [-0.39, 0.29) is 16.9 Å². The third-order valence-electron chi connectivity index (χ3n) is 4.13. The minimum absolute atomic E-state index is 0.202. The highest BCUT2D eigenvalue weighted by Crippen LogP contribution is 2.33. The summed E-state index contributed by atoms with van der Waals surface area (Å²) in [4.78, 5) is 0. The molecule has 0 bridgehead atoms. The molecule has 0 radical (unpaired) electrons. The van der Waals surface area contributed by atoms with Gasteiger partial charge in [-0.3, -0.25) is 0 Å². The molecule has 1 fully saturated rings. The van der Waals surface area contributed by atoms with Gasteiger partial charge in [0.05, 0.1) is 16.6 Å². The monoisotopic (exact) mass is 348 g/mol. The van der Waals surface area contributed by atoms with Crippen molar-refractivity contribution in [1.29, 1.82) is 0 Å². The Morgan fingerprint density at radius 3 is 2.58 bits per heavy atom. The molecule has 2 aliphatic carbocycles. The van der Waals surface area contributed by atoms with Crippen LogP contribution in [-0.2, 0) is 9.84 Å². The SMILES string of the molecule is CC1(O)CCC(CS(=O)(=O)C2C=CC(Br)=CC2)CC1. The second-order valence-corrected chi connectivity index (χ2v) is 9.17. The van der Waals surface area contributed by atoms with E-state index in [9.17, 15) is 13.5 Å². The lowest BCUT2D eigenvalue weighted by atomic mass is 9.81. The van der Waals surface area contributed by atoms with Gasteiger partial charge >= 0.3 is 0 Å². The molecule has 1 atom stereocenters. The molecule has 1 saturated carbocycles. The van der Waals surface area contributed by atoms with Gasteiger partial charge in [-0.1, -0.05) is 34.2 Å². The van der Waals surface area contributed by atoms with Gasteiger partial charge in [0, 0.05) is 4.48 Å². The van der Waals surface area contributed by atoms with Crippen LogP contribution in [0, 0.1) is 5.92 Å². The van der Waals surface area contributed by atoms with Crippen molar-refractivity contribution in [1.82, 2.24) is 0 Å². The molecule has 19 heavy (non-hydrogen) atoms. The van der Waals surface area contributed by atoms with Crippen molar-refractivity contribution in [3.63, 3.8) is 0 Å². The average molecular weight is 349 g/mol. The largest absolute Gasteiger partial charge is 0.390 e. The van der Waals surface area contributed by atoms with Gasteiger partial charge in [-0.15, -0.1) is 0 Å². The second kappa shape index (κ2) is 5.70. The van der Waals surface area contributed by atoms with Gasteiger partial charge in [0.2, 0.25) is 0 Å². The molecule has 2 aliphatic rings. The first kappa shape index (κ1) is 15.3. The van der Waals surface area contributed by atoms with E-state index < -0.39 is 15.4 Å². The molecule has 0 aliphatic heterocycles. The molecule has 1 unspecified atom stereocenters. The van der Waals surface area contributed by atoms with Crippen molar-refractivity contribution < 1.29 is 13.5 Å². The topological polar surface area (TPSA) is 54.4 Å². The molecule has 0 aromatic rings. The van der Waals surface area contributed by atoms with Gasteiger partial charge in [-0.25, -0.2) is 8.42 Å². The Kier molecular flexibility index (Phi) is 4.58. The Morgan fingerprint density at radius 1 is 1.42 bits per heavy atom. The molecule has 5 heteroatoms. The van der Waals surface area contributed by atoms with Gasteiger partial charge in [-0.05, 0) is 44.9 Å². The number of hydrogen-bond donors (Lipinski definition) is 1. The van der Waals surface area contributed by atoms with E-state index in [0.29, 0.717) is 19.3 Å². The van der Waals surface area contributed by atoms with E-state index in [1.165, 1.54) is 0 Å². The van der Waals surface area contributed by atoms with Crippen molar-refractivity contribution >= 4 is 25.8 Å². The molecule has 0 aromatic carbocycles. The lowest BCUT2D eigenvalue weighted by molar-refractivity contribution is 0.0108. The molecule has 0 saturated heterocycles. The molecule has 2 rings (SSSR count). The first-order valence-corrected chi connectivity index (χ1v) is 9.27. The summed E-state index contributed by atoms with van der Waals surface area (Å²) in [5.41, 5.74) is -0.599. The Bertz CT molecular complexity index is 481. The zero-order valence-corrected chi connectivity index (χ0v) is 13.6. The van der Waals surface area contributed by atoms with Crippen LogP contribution in [0.25, 0.3) is 0 Å². The van der Waals surface area contributed by atoms with E-state index in [0.717, 1.165) is 17.3 Å². The van der Waals surface area contributed by atoms with Gasteiger partial charge in [-0.2, -0.15) is 0 Å². The van der Waals surface area contributed by atoms with Crippen LogP contribution in [0.4, 0.5) is 0 Å². The van der Waals surface area contributed by atoms with Crippen LogP contribution in [0.2, 0.25) is 0 Å². The van der Waals surface area contributed by atoms with Crippen LogP contribution >= 0.6 is 15.9 Å². The van der Waals surface area contributed by atoms with Crippen molar-refractivity contribution in [3.05, 3.63) is 22.7 Å². The van der Waals surface area contributed by atoms with Crippen LogP contribution in [-0.4, -0.2) is 30.1 Å². The fourth-order valence-electron chi connectivity index (χ4n) is 2.76. The van der Waals surface area contributed by atoms with Crippen LogP contribution in [0.1, 0.15) is 39.0 Å². The maximum Gasteiger partial charge on any atom is 0.157 e. The minimum Gasteiger partial charge on any atom is -0.390 e. The lowest BCUT2D eigenvalue weighted by Crippen LogP contribution is -2.34. The van der Waals surface area contributed by atoms with E-state index in [4.69, 9.17) is 0 Å². The van der Waals surface area contributed by atoms with Crippen molar-refractivity contribution in [2.24, 2.45) is 5.92 Å². The predicted molar refractivity (Wildman–Crippen MR) is 80.9 cm³/mol. The highest BCUT2D eigenvalue weighted by Gasteiger charge is 2.33. The van der Waals surface area contributed by atoms with E-state index >= 15 is 0 Å². The van der Waals surface area contributed by atoms with Crippen LogP contribution in [0.15, 0.2) is 22.7 Å². The smallest absolute Gasteiger partial charge is 0.157 e. The molecule has 0 amide bonds. The molecule has 0 spiro atoms. The summed E-state index contributed by atoms with van der Waals surface area (Å²) < 4.78 is 25.7. The van der Waals surface area contributed by atoms with Crippen LogP contribution in [0.5, 0.6) is 0 Å².